The Morgan fingerprint density at radius 2 is 2.25 bits per heavy atom. The standard InChI is InChI=1S/C18H19N3O2S/c1-10(2)14-8-13(16-11(3)20-23-17(16)19-14)18(22)21-6-4-15-12(9-21)5-7-24-15/h5,7-8,10H,4,6,9H2,1-3H3. The summed E-state index contributed by atoms with van der Waals surface area (Å²) >= 11 is 1.77. The Labute approximate surface area is 144 Å². The normalized spacial score (nSPS) is 14.4. The number of hydrogen-bond acceptors (Lipinski definition) is 5. The van der Waals surface area contributed by atoms with Crippen LogP contribution < -0.4 is 0 Å². The summed E-state index contributed by atoms with van der Waals surface area (Å²) in [5.41, 5.74) is 3.94. The second kappa shape index (κ2) is 5.70. The molecular weight excluding hydrogens is 322 g/mol. The van der Waals surface area contributed by atoms with Crippen LogP contribution in [0.25, 0.3) is 11.1 Å². The molecule has 0 radical (unpaired) electrons. The van der Waals surface area contributed by atoms with E-state index in [2.05, 4.69) is 35.4 Å². The molecule has 0 N–H and O–H groups in total. The van der Waals surface area contributed by atoms with Crippen LogP contribution in [0, 0.1) is 6.92 Å². The van der Waals surface area contributed by atoms with Crippen molar-refractivity contribution in [1.29, 1.82) is 0 Å². The number of fused-ring (bicyclic) bond motifs is 2. The highest BCUT2D eigenvalue weighted by atomic mass is 32.1. The molecule has 1 amide bonds. The van der Waals surface area contributed by atoms with Crippen LogP contribution in [0.5, 0.6) is 0 Å². The number of carbonyl (C=O) groups is 1. The van der Waals surface area contributed by atoms with Gasteiger partial charge in [0, 0.05) is 23.7 Å². The van der Waals surface area contributed by atoms with Gasteiger partial charge in [0.05, 0.1) is 16.6 Å². The minimum absolute atomic E-state index is 0.0347. The van der Waals surface area contributed by atoms with E-state index in [4.69, 9.17) is 4.52 Å². The van der Waals surface area contributed by atoms with Crippen LogP contribution in [0.1, 0.15) is 52.0 Å². The maximum Gasteiger partial charge on any atom is 0.259 e. The molecule has 1 aliphatic heterocycles. The highest BCUT2D eigenvalue weighted by Crippen LogP contribution is 2.29. The van der Waals surface area contributed by atoms with Gasteiger partial charge < -0.3 is 9.42 Å². The predicted octanol–water partition coefficient (Wildman–Crippen LogP) is 3.91. The van der Waals surface area contributed by atoms with Gasteiger partial charge in [-0.25, -0.2) is 4.98 Å². The Kier molecular flexibility index (Phi) is 3.64. The van der Waals surface area contributed by atoms with E-state index in [0.717, 1.165) is 24.0 Å². The van der Waals surface area contributed by atoms with Crippen molar-refractivity contribution in [2.45, 2.75) is 39.7 Å². The topological polar surface area (TPSA) is 59.2 Å². The molecule has 0 unspecified atom stereocenters. The van der Waals surface area contributed by atoms with Gasteiger partial charge in [0.25, 0.3) is 11.6 Å². The maximum atomic E-state index is 13.2. The Morgan fingerprint density at radius 1 is 1.42 bits per heavy atom. The average molecular weight is 341 g/mol. The molecule has 0 bridgehead atoms. The second-order valence-corrected chi connectivity index (χ2v) is 7.54. The number of amides is 1. The maximum absolute atomic E-state index is 13.2. The summed E-state index contributed by atoms with van der Waals surface area (Å²) in [7, 11) is 0. The van der Waals surface area contributed by atoms with Gasteiger partial charge in [0.1, 0.15) is 0 Å². The smallest absolute Gasteiger partial charge is 0.259 e. The van der Waals surface area contributed by atoms with Crippen molar-refractivity contribution in [1.82, 2.24) is 15.0 Å². The van der Waals surface area contributed by atoms with Crippen LogP contribution >= 0.6 is 11.3 Å². The lowest BCUT2D eigenvalue weighted by Gasteiger charge is -2.27. The lowest BCUT2D eigenvalue weighted by molar-refractivity contribution is 0.0737. The summed E-state index contributed by atoms with van der Waals surface area (Å²) in [6.45, 7) is 7.39. The first-order valence-corrected chi connectivity index (χ1v) is 9.04. The fourth-order valence-electron chi connectivity index (χ4n) is 3.17. The largest absolute Gasteiger partial charge is 0.336 e. The van der Waals surface area contributed by atoms with E-state index in [-0.39, 0.29) is 11.8 Å². The molecule has 0 spiro atoms. The molecule has 4 heterocycles. The number of nitrogens with zero attached hydrogens (tertiary/aromatic N) is 3. The summed E-state index contributed by atoms with van der Waals surface area (Å²) < 4.78 is 5.33. The summed E-state index contributed by atoms with van der Waals surface area (Å²) in [5.74, 6) is 0.253. The third kappa shape index (κ3) is 2.41. The zero-order chi connectivity index (χ0) is 16.8. The molecule has 0 aromatic carbocycles. The first kappa shape index (κ1) is 15.3. The summed E-state index contributed by atoms with van der Waals surface area (Å²) in [5, 5.41) is 6.84. The second-order valence-electron chi connectivity index (χ2n) is 6.54. The fraction of sp³-hybridized carbons (Fsp3) is 0.389. The number of pyridine rings is 1. The molecule has 0 aliphatic carbocycles. The molecule has 24 heavy (non-hydrogen) atoms. The first-order chi connectivity index (χ1) is 11.5. The van der Waals surface area contributed by atoms with Gasteiger partial charge in [0.15, 0.2) is 0 Å². The van der Waals surface area contributed by atoms with E-state index in [1.54, 1.807) is 11.3 Å². The molecule has 0 saturated carbocycles. The van der Waals surface area contributed by atoms with E-state index in [1.807, 2.05) is 17.9 Å². The Hall–Kier alpha value is -2.21. The molecule has 0 atom stereocenters. The van der Waals surface area contributed by atoms with Crippen molar-refractivity contribution in [3.05, 3.63) is 44.9 Å². The molecule has 6 heteroatoms. The van der Waals surface area contributed by atoms with Crippen molar-refractivity contribution >= 4 is 28.3 Å². The number of carbonyl (C=O) groups excluding carboxylic acids is 1. The van der Waals surface area contributed by atoms with Crippen LogP contribution in [0.2, 0.25) is 0 Å². The van der Waals surface area contributed by atoms with Gasteiger partial charge in [-0.1, -0.05) is 19.0 Å². The minimum Gasteiger partial charge on any atom is -0.336 e. The predicted molar refractivity (Wildman–Crippen MR) is 93.4 cm³/mol. The molecule has 4 rings (SSSR count). The quantitative estimate of drug-likeness (QED) is 0.709. The van der Waals surface area contributed by atoms with E-state index in [9.17, 15) is 4.79 Å². The van der Waals surface area contributed by atoms with Crippen molar-refractivity contribution in [3.63, 3.8) is 0 Å². The van der Waals surface area contributed by atoms with Gasteiger partial charge in [-0.15, -0.1) is 11.3 Å². The third-order valence-electron chi connectivity index (χ3n) is 4.55. The van der Waals surface area contributed by atoms with Crippen LogP contribution in [-0.2, 0) is 13.0 Å². The van der Waals surface area contributed by atoms with Crippen molar-refractivity contribution in [2.75, 3.05) is 6.54 Å². The number of aromatic nitrogens is 2. The zero-order valence-electron chi connectivity index (χ0n) is 14.0. The van der Waals surface area contributed by atoms with E-state index in [1.165, 1.54) is 10.4 Å². The highest BCUT2D eigenvalue weighted by Gasteiger charge is 2.26. The van der Waals surface area contributed by atoms with Crippen LogP contribution in [0.4, 0.5) is 0 Å². The first-order valence-electron chi connectivity index (χ1n) is 8.16. The van der Waals surface area contributed by atoms with E-state index >= 15 is 0 Å². The molecule has 0 saturated heterocycles. The van der Waals surface area contributed by atoms with Crippen molar-refractivity contribution in [2.24, 2.45) is 0 Å². The van der Waals surface area contributed by atoms with Crippen LogP contribution in [0.3, 0.4) is 0 Å². The number of rotatable bonds is 2. The van der Waals surface area contributed by atoms with Gasteiger partial charge in [0.2, 0.25) is 0 Å². The minimum atomic E-state index is 0.0347. The molecular formula is C18H19N3O2S. The van der Waals surface area contributed by atoms with Gasteiger partial charge >= 0.3 is 0 Å². The third-order valence-corrected chi connectivity index (χ3v) is 5.58. The lowest BCUT2D eigenvalue weighted by Crippen LogP contribution is -2.35. The Bertz CT molecular complexity index is 926. The molecule has 0 fully saturated rings. The molecule has 1 aliphatic rings. The summed E-state index contributed by atoms with van der Waals surface area (Å²) in [6, 6.07) is 4.02. The van der Waals surface area contributed by atoms with Gasteiger partial charge in [-0.05, 0) is 42.3 Å². The van der Waals surface area contributed by atoms with E-state index < -0.39 is 0 Å². The molecule has 3 aromatic rings. The summed E-state index contributed by atoms with van der Waals surface area (Å²) in [4.78, 5) is 21.0. The average Bonchev–Trinajstić information content (AvgIpc) is 3.19. The SMILES string of the molecule is Cc1noc2nc(C(C)C)cc(C(=O)N3CCc4sccc4C3)c12. The fourth-order valence-corrected chi connectivity index (χ4v) is 4.06. The van der Waals surface area contributed by atoms with Crippen LogP contribution in [0.15, 0.2) is 22.0 Å². The zero-order valence-corrected chi connectivity index (χ0v) is 14.8. The summed E-state index contributed by atoms with van der Waals surface area (Å²) in [6.07, 6.45) is 0.923. The van der Waals surface area contributed by atoms with Gasteiger partial charge in [-0.2, -0.15) is 0 Å². The van der Waals surface area contributed by atoms with E-state index in [0.29, 0.717) is 23.5 Å². The van der Waals surface area contributed by atoms with Crippen molar-refractivity contribution < 1.29 is 9.32 Å². The van der Waals surface area contributed by atoms with Crippen molar-refractivity contribution in [3.8, 4) is 0 Å². The number of aryl methyl sites for hydroxylation is 1. The van der Waals surface area contributed by atoms with Gasteiger partial charge in [-0.3, -0.25) is 4.79 Å². The highest BCUT2D eigenvalue weighted by molar-refractivity contribution is 7.10. The Morgan fingerprint density at radius 3 is 3.04 bits per heavy atom. The van der Waals surface area contributed by atoms with Crippen LogP contribution in [-0.4, -0.2) is 27.5 Å². The molecule has 124 valence electrons. The lowest BCUT2D eigenvalue weighted by atomic mass is 10.0. The number of hydrogen-bond donors (Lipinski definition) is 0. The molecule has 3 aromatic heterocycles. The number of thiophene rings is 1. The Balaban J connectivity index is 1.78. The molecule has 5 nitrogen and oxygen atoms in total. The monoisotopic (exact) mass is 341 g/mol.